The number of carbonyl (C=O) groups excluding carboxylic acids is 4. The van der Waals surface area contributed by atoms with E-state index in [0.29, 0.717) is 25.7 Å². The van der Waals surface area contributed by atoms with Crippen molar-refractivity contribution >= 4 is 39.5 Å². The lowest BCUT2D eigenvalue weighted by Gasteiger charge is -2.21. The van der Waals surface area contributed by atoms with Crippen LogP contribution in [0.4, 0.5) is 0 Å². The maximum absolute atomic E-state index is 13.1. The first kappa shape index (κ1) is 101. The Morgan fingerprint density at radius 2 is 0.466 bits per heavy atom. The van der Waals surface area contributed by atoms with Gasteiger partial charge in [0, 0.05) is 25.7 Å². The summed E-state index contributed by atoms with van der Waals surface area (Å²) in [7, 11) is -9.93. The molecule has 4 unspecified atom stereocenters. The van der Waals surface area contributed by atoms with E-state index in [0.717, 1.165) is 108 Å². The molecule has 0 radical (unpaired) electrons. The second-order valence-electron chi connectivity index (χ2n) is 30.7. The van der Waals surface area contributed by atoms with Gasteiger partial charge in [0.1, 0.15) is 19.3 Å². The summed E-state index contributed by atoms with van der Waals surface area (Å²) in [5.74, 6) is -0.524. The Hall–Kier alpha value is -1.94. The van der Waals surface area contributed by atoms with Gasteiger partial charge in [0.15, 0.2) is 12.2 Å². The Kier molecular flexibility index (Phi) is 74.1. The van der Waals surface area contributed by atoms with Crippen molar-refractivity contribution in [2.24, 2.45) is 11.8 Å². The summed E-state index contributed by atoms with van der Waals surface area (Å²) in [6.45, 7) is 9.68. The molecule has 0 aliphatic carbocycles. The molecule has 7 atom stereocenters. The number of phosphoric ester groups is 2. The molecular weight excluding hydrogens is 1340 g/mol. The number of aliphatic hydroxyl groups excluding tert-OH is 1. The van der Waals surface area contributed by atoms with Crippen LogP contribution in [-0.4, -0.2) is 96.7 Å². The molecule has 19 heteroatoms. The second kappa shape index (κ2) is 75.5. The maximum atomic E-state index is 13.1. The number of unbranched alkanes of at least 4 members (excludes halogenated alkanes) is 51. The van der Waals surface area contributed by atoms with Crippen molar-refractivity contribution in [1.82, 2.24) is 0 Å². The van der Waals surface area contributed by atoms with Crippen molar-refractivity contribution < 1.29 is 80.2 Å². The van der Waals surface area contributed by atoms with Crippen molar-refractivity contribution in [3.8, 4) is 0 Å². The molecular formula is C84H164O17P2. The Labute approximate surface area is 632 Å². The largest absolute Gasteiger partial charge is 0.472 e. The van der Waals surface area contributed by atoms with Crippen LogP contribution < -0.4 is 0 Å². The molecule has 0 aromatic carbocycles. The fourth-order valence-electron chi connectivity index (χ4n) is 13.0. The van der Waals surface area contributed by atoms with Crippen molar-refractivity contribution in [3.63, 3.8) is 0 Å². The summed E-state index contributed by atoms with van der Waals surface area (Å²) < 4.78 is 68.8. The molecule has 3 N–H and O–H groups in total. The highest BCUT2D eigenvalue weighted by atomic mass is 31.2. The molecule has 0 amide bonds. The molecule has 103 heavy (non-hydrogen) atoms. The second-order valence-corrected chi connectivity index (χ2v) is 33.6. The molecule has 612 valence electrons. The van der Waals surface area contributed by atoms with Crippen LogP contribution in [-0.2, 0) is 65.4 Å². The first-order chi connectivity index (χ1) is 49.9. The number of hydrogen-bond acceptors (Lipinski definition) is 15. The van der Waals surface area contributed by atoms with Crippen molar-refractivity contribution in [2.75, 3.05) is 39.6 Å². The van der Waals surface area contributed by atoms with E-state index in [1.165, 1.54) is 257 Å². The Morgan fingerprint density at radius 1 is 0.272 bits per heavy atom. The van der Waals surface area contributed by atoms with Crippen LogP contribution in [0.5, 0.6) is 0 Å². The quantitative estimate of drug-likeness (QED) is 0.0222. The lowest BCUT2D eigenvalue weighted by atomic mass is 9.99. The first-order valence-corrected chi connectivity index (χ1v) is 46.6. The summed E-state index contributed by atoms with van der Waals surface area (Å²) in [6.07, 6.45) is 66.6. The number of phosphoric acid groups is 2. The van der Waals surface area contributed by atoms with Crippen LogP contribution in [0.2, 0.25) is 0 Å². The van der Waals surface area contributed by atoms with Crippen LogP contribution in [0.15, 0.2) is 0 Å². The predicted molar refractivity (Wildman–Crippen MR) is 423 cm³/mol. The summed E-state index contributed by atoms with van der Waals surface area (Å²) in [5, 5.41) is 10.7. The average Bonchev–Trinajstić information content (AvgIpc) is 0.930. The highest BCUT2D eigenvalue weighted by Gasteiger charge is 2.30. The third-order valence-electron chi connectivity index (χ3n) is 20.4. The third kappa shape index (κ3) is 75.3. The highest BCUT2D eigenvalue weighted by Crippen LogP contribution is 2.45. The van der Waals surface area contributed by atoms with Gasteiger partial charge in [-0.1, -0.05) is 395 Å². The minimum Gasteiger partial charge on any atom is -0.462 e. The molecule has 0 aromatic rings. The molecule has 0 saturated carbocycles. The van der Waals surface area contributed by atoms with Crippen LogP contribution >= 0.6 is 15.6 Å². The van der Waals surface area contributed by atoms with E-state index < -0.39 is 97.5 Å². The zero-order chi connectivity index (χ0) is 75.6. The Bertz CT molecular complexity index is 1980. The topological polar surface area (TPSA) is 237 Å². The number of aliphatic hydroxyl groups is 1. The van der Waals surface area contributed by atoms with Crippen molar-refractivity contribution in [3.05, 3.63) is 0 Å². The monoisotopic (exact) mass is 1510 g/mol. The van der Waals surface area contributed by atoms with Crippen molar-refractivity contribution in [2.45, 2.75) is 464 Å². The molecule has 0 saturated heterocycles. The van der Waals surface area contributed by atoms with Gasteiger partial charge in [-0.15, -0.1) is 0 Å². The molecule has 0 bridgehead atoms. The van der Waals surface area contributed by atoms with E-state index >= 15 is 0 Å². The highest BCUT2D eigenvalue weighted by molar-refractivity contribution is 7.47. The number of hydrogen-bond donors (Lipinski definition) is 3. The molecule has 0 heterocycles. The summed E-state index contributed by atoms with van der Waals surface area (Å²) in [5.41, 5.74) is 0. The fourth-order valence-corrected chi connectivity index (χ4v) is 14.6. The minimum atomic E-state index is -4.96. The SMILES string of the molecule is CCCCCCCCCCCCCCCCCCCCCC(=O)O[C@H](COC(=O)CCCCCCCCCCCCCCCCC(C)CC)COP(=O)(O)OC[C@@H](O)COP(=O)(O)OC[C@@H](COC(=O)CCCCCCCCC(C)CC)OC(=O)CCCCCCCCCCCCCCCCCC. The van der Waals surface area contributed by atoms with Gasteiger partial charge in [0.05, 0.1) is 26.4 Å². The van der Waals surface area contributed by atoms with E-state index in [2.05, 4.69) is 41.5 Å². The summed E-state index contributed by atoms with van der Waals surface area (Å²) in [4.78, 5) is 73.2. The molecule has 0 spiro atoms. The van der Waals surface area contributed by atoms with E-state index in [9.17, 15) is 43.2 Å². The summed E-state index contributed by atoms with van der Waals surface area (Å²) in [6, 6.07) is 0. The maximum Gasteiger partial charge on any atom is 0.472 e. The molecule has 0 aliphatic rings. The van der Waals surface area contributed by atoms with E-state index in [-0.39, 0.29) is 25.7 Å². The number of ether oxygens (including phenoxy) is 4. The minimum absolute atomic E-state index is 0.108. The average molecular weight is 1510 g/mol. The molecule has 0 rings (SSSR count). The van der Waals surface area contributed by atoms with Gasteiger partial charge in [-0.2, -0.15) is 0 Å². The smallest absolute Gasteiger partial charge is 0.462 e. The summed E-state index contributed by atoms with van der Waals surface area (Å²) >= 11 is 0. The van der Waals surface area contributed by atoms with Gasteiger partial charge in [0.2, 0.25) is 0 Å². The lowest BCUT2D eigenvalue weighted by molar-refractivity contribution is -0.161. The zero-order valence-electron chi connectivity index (χ0n) is 67.6. The standard InChI is InChI=1S/C84H164O17P2/c1-7-11-13-15-17-19-21-23-25-27-28-29-31-37-41-45-49-57-63-68-83(88)100-79(72-94-81(86)66-60-54-47-43-39-35-33-32-34-38-42-46-52-58-64-76(5)9-3)74-98-102(90,91)96-70-78(85)71-97-103(92,93)99-75-80(73-95-82(87)67-61-55-51-50-53-59-65-77(6)10-4)101-84(89)69-62-56-48-44-40-36-30-26-24-22-20-18-16-14-12-8-2/h76-80,85H,7-75H2,1-6H3,(H,90,91)(H,92,93)/t76?,77?,78-,79-,80-/m1/s1. The van der Waals surface area contributed by atoms with Crippen LogP contribution in [0, 0.1) is 11.8 Å². The Morgan fingerprint density at radius 3 is 0.689 bits per heavy atom. The molecule has 0 aliphatic heterocycles. The van der Waals surface area contributed by atoms with Gasteiger partial charge >= 0.3 is 39.5 Å². The van der Waals surface area contributed by atoms with E-state index in [4.69, 9.17) is 37.0 Å². The van der Waals surface area contributed by atoms with Gasteiger partial charge in [-0.25, -0.2) is 9.13 Å². The predicted octanol–water partition coefficient (Wildman–Crippen LogP) is 25.5. The number of rotatable bonds is 83. The zero-order valence-corrected chi connectivity index (χ0v) is 69.4. The van der Waals surface area contributed by atoms with Gasteiger partial charge in [-0.05, 0) is 37.5 Å². The van der Waals surface area contributed by atoms with Crippen LogP contribution in [0.25, 0.3) is 0 Å². The number of carbonyl (C=O) groups is 4. The molecule has 0 aromatic heterocycles. The molecule has 0 fully saturated rings. The van der Waals surface area contributed by atoms with Crippen LogP contribution in [0.3, 0.4) is 0 Å². The molecule has 17 nitrogen and oxygen atoms in total. The van der Waals surface area contributed by atoms with Gasteiger partial charge < -0.3 is 33.8 Å². The van der Waals surface area contributed by atoms with E-state index in [1.807, 2.05) is 0 Å². The van der Waals surface area contributed by atoms with Crippen molar-refractivity contribution in [1.29, 1.82) is 0 Å². The lowest BCUT2D eigenvalue weighted by Crippen LogP contribution is -2.30. The third-order valence-corrected chi connectivity index (χ3v) is 22.3. The van der Waals surface area contributed by atoms with Crippen LogP contribution in [0.1, 0.15) is 446 Å². The van der Waals surface area contributed by atoms with Gasteiger partial charge in [0.25, 0.3) is 0 Å². The fraction of sp³-hybridized carbons (Fsp3) is 0.952. The number of esters is 4. The Balaban J connectivity index is 5.24. The van der Waals surface area contributed by atoms with E-state index in [1.54, 1.807) is 0 Å². The normalized spacial score (nSPS) is 14.4. The first-order valence-electron chi connectivity index (χ1n) is 43.6. The van der Waals surface area contributed by atoms with Gasteiger partial charge in [-0.3, -0.25) is 37.3 Å².